The lowest BCUT2D eigenvalue weighted by molar-refractivity contribution is 0.787. The lowest BCUT2D eigenvalue weighted by Gasteiger charge is -2.12. The summed E-state index contributed by atoms with van der Waals surface area (Å²) in [5.41, 5.74) is 7.98. The summed E-state index contributed by atoms with van der Waals surface area (Å²) in [6.07, 6.45) is 2.51. The zero-order chi connectivity index (χ0) is 10.6. The quantitative estimate of drug-likeness (QED) is 0.602. The molecule has 0 bridgehead atoms. The van der Waals surface area contributed by atoms with Crippen LogP contribution in [0.5, 0.6) is 0 Å². The van der Waals surface area contributed by atoms with Crippen LogP contribution in [0.15, 0.2) is 23.1 Å². The number of hydrogen-bond donors (Lipinski definition) is 1. The second-order valence-electron chi connectivity index (χ2n) is 3.69. The second kappa shape index (κ2) is 5.30. The number of rotatable bonds is 4. The first-order chi connectivity index (χ1) is 6.65. The molecule has 1 unspecified atom stereocenters. The van der Waals surface area contributed by atoms with Crippen LogP contribution in [0, 0.1) is 6.92 Å². The van der Waals surface area contributed by atoms with Crippen molar-refractivity contribution in [1.29, 1.82) is 0 Å². The molecule has 14 heavy (non-hydrogen) atoms. The molecule has 2 heteroatoms. The minimum atomic E-state index is 0.681. The first-order valence-corrected chi connectivity index (χ1v) is 6.04. The number of nitrogen functional groups attached to an aromatic ring is 1. The molecule has 0 aliphatic carbocycles. The van der Waals surface area contributed by atoms with Crippen molar-refractivity contribution < 1.29 is 0 Å². The van der Waals surface area contributed by atoms with Crippen LogP contribution in [-0.2, 0) is 0 Å². The highest BCUT2D eigenvalue weighted by atomic mass is 32.2. The lowest BCUT2D eigenvalue weighted by Crippen LogP contribution is -1.97. The fraction of sp³-hybridized carbons (Fsp3) is 0.500. The van der Waals surface area contributed by atoms with Crippen molar-refractivity contribution in [2.24, 2.45) is 0 Å². The van der Waals surface area contributed by atoms with Gasteiger partial charge in [0.1, 0.15) is 0 Å². The zero-order valence-corrected chi connectivity index (χ0v) is 10.0. The molecule has 0 aromatic heterocycles. The molecule has 0 radical (unpaired) electrons. The van der Waals surface area contributed by atoms with Crippen molar-refractivity contribution in [3.05, 3.63) is 23.8 Å². The van der Waals surface area contributed by atoms with E-state index >= 15 is 0 Å². The van der Waals surface area contributed by atoms with Gasteiger partial charge >= 0.3 is 0 Å². The maximum absolute atomic E-state index is 5.86. The van der Waals surface area contributed by atoms with Gasteiger partial charge in [0.15, 0.2) is 0 Å². The van der Waals surface area contributed by atoms with Crippen LogP contribution < -0.4 is 5.73 Å². The van der Waals surface area contributed by atoms with E-state index in [1.807, 2.05) is 23.9 Å². The summed E-state index contributed by atoms with van der Waals surface area (Å²) in [4.78, 5) is 1.32. The minimum absolute atomic E-state index is 0.681. The summed E-state index contributed by atoms with van der Waals surface area (Å²) in [6, 6.07) is 6.15. The Morgan fingerprint density at radius 2 is 2.14 bits per heavy atom. The summed E-state index contributed by atoms with van der Waals surface area (Å²) >= 11 is 1.93. The highest BCUT2D eigenvalue weighted by Gasteiger charge is 2.06. The lowest BCUT2D eigenvalue weighted by atomic mass is 10.2. The Bertz CT molecular complexity index is 296. The zero-order valence-electron chi connectivity index (χ0n) is 9.21. The van der Waals surface area contributed by atoms with Gasteiger partial charge in [0.2, 0.25) is 0 Å². The SMILES string of the molecule is CCCC(C)Sc1cccc(N)c1C. The summed E-state index contributed by atoms with van der Waals surface area (Å²) in [6.45, 7) is 6.59. The van der Waals surface area contributed by atoms with E-state index in [1.54, 1.807) is 0 Å². The van der Waals surface area contributed by atoms with Gasteiger partial charge in [-0.25, -0.2) is 0 Å². The van der Waals surface area contributed by atoms with Crippen molar-refractivity contribution in [3.8, 4) is 0 Å². The van der Waals surface area contributed by atoms with Crippen LogP contribution in [0.1, 0.15) is 32.3 Å². The predicted molar refractivity (Wildman–Crippen MR) is 65.8 cm³/mol. The molecule has 1 rings (SSSR count). The third kappa shape index (κ3) is 2.95. The van der Waals surface area contributed by atoms with Crippen LogP contribution in [0.25, 0.3) is 0 Å². The summed E-state index contributed by atoms with van der Waals surface area (Å²) in [5.74, 6) is 0. The van der Waals surface area contributed by atoms with Gasteiger partial charge in [0.25, 0.3) is 0 Å². The molecule has 0 fully saturated rings. The Morgan fingerprint density at radius 1 is 1.43 bits per heavy atom. The molecule has 0 spiro atoms. The van der Waals surface area contributed by atoms with Gasteiger partial charge in [0, 0.05) is 15.8 Å². The van der Waals surface area contributed by atoms with Gasteiger partial charge in [-0.15, -0.1) is 11.8 Å². The first kappa shape index (κ1) is 11.4. The van der Waals surface area contributed by atoms with E-state index in [9.17, 15) is 0 Å². The molecule has 1 nitrogen and oxygen atoms in total. The van der Waals surface area contributed by atoms with Gasteiger partial charge in [-0.2, -0.15) is 0 Å². The van der Waals surface area contributed by atoms with Crippen molar-refractivity contribution >= 4 is 17.4 Å². The van der Waals surface area contributed by atoms with Crippen LogP contribution in [0.4, 0.5) is 5.69 Å². The van der Waals surface area contributed by atoms with Crippen LogP contribution in [-0.4, -0.2) is 5.25 Å². The Kier molecular flexibility index (Phi) is 4.33. The van der Waals surface area contributed by atoms with E-state index < -0.39 is 0 Å². The van der Waals surface area contributed by atoms with Gasteiger partial charge in [-0.05, 0) is 31.0 Å². The smallest absolute Gasteiger partial charge is 0.0354 e. The molecule has 0 aliphatic heterocycles. The molecule has 0 saturated carbocycles. The van der Waals surface area contributed by atoms with Crippen molar-refractivity contribution in [2.75, 3.05) is 5.73 Å². The van der Waals surface area contributed by atoms with Gasteiger partial charge in [-0.3, -0.25) is 0 Å². The average molecular weight is 209 g/mol. The van der Waals surface area contributed by atoms with Crippen LogP contribution >= 0.6 is 11.8 Å². The predicted octanol–water partition coefficient (Wildman–Crippen LogP) is 3.86. The molecule has 78 valence electrons. The van der Waals surface area contributed by atoms with E-state index in [0.717, 1.165) is 5.69 Å². The fourth-order valence-corrected chi connectivity index (χ4v) is 2.68. The van der Waals surface area contributed by atoms with Gasteiger partial charge in [0.05, 0.1) is 0 Å². The molecular formula is C12H19NS. The Morgan fingerprint density at radius 3 is 2.79 bits per heavy atom. The van der Waals surface area contributed by atoms with E-state index in [1.165, 1.54) is 23.3 Å². The van der Waals surface area contributed by atoms with Crippen molar-refractivity contribution in [3.63, 3.8) is 0 Å². The molecule has 0 amide bonds. The Labute approximate surface area is 91.1 Å². The van der Waals surface area contributed by atoms with Crippen molar-refractivity contribution in [2.45, 2.75) is 43.8 Å². The third-order valence-corrected chi connectivity index (χ3v) is 3.68. The summed E-state index contributed by atoms with van der Waals surface area (Å²) in [5, 5.41) is 0.681. The summed E-state index contributed by atoms with van der Waals surface area (Å²) < 4.78 is 0. The monoisotopic (exact) mass is 209 g/mol. The fourth-order valence-electron chi connectivity index (χ4n) is 1.44. The highest BCUT2D eigenvalue weighted by molar-refractivity contribution is 8.00. The number of hydrogen-bond acceptors (Lipinski definition) is 2. The second-order valence-corrected chi connectivity index (χ2v) is 5.17. The summed E-state index contributed by atoms with van der Waals surface area (Å²) in [7, 11) is 0. The van der Waals surface area contributed by atoms with E-state index in [2.05, 4.69) is 26.8 Å². The number of nitrogens with two attached hydrogens (primary N) is 1. The molecular weight excluding hydrogens is 190 g/mol. The molecule has 1 aromatic rings. The number of anilines is 1. The first-order valence-electron chi connectivity index (χ1n) is 5.17. The molecule has 1 atom stereocenters. The molecule has 0 aliphatic rings. The van der Waals surface area contributed by atoms with Crippen molar-refractivity contribution in [1.82, 2.24) is 0 Å². The number of thioether (sulfide) groups is 1. The number of benzene rings is 1. The topological polar surface area (TPSA) is 26.0 Å². The van der Waals surface area contributed by atoms with E-state index in [4.69, 9.17) is 5.73 Å². The molecule has 0 saturated heterocycles. The Hall–Kier alpha value is -0.630. The molecule has 1 aromatic carbocycles. The maximum atomic E-state index is 5.86. The van der Waals surface area contributed by atoms with Gasteiger partial charge in [-0.1, -0.05) is 26.3 Å². The minimum Gasteiger partial charge on any atom is -0.398 e. The third-order valence-electron chi connectivity index (χ3n) is 2.35. The van der Waals surface area contributed by atoms with Crippen LogP contribution in [0.2, 0.25) is 0 Å². The van der Waals surface area contributed by atoms with E-state index in [-0.39, 0.29) is 0 Å². The van der Waals surface area contributed by atoms with Gasteiger partial charge < -0.3 is 5.73 Å². The molecule has 2 N–H and O–H groups in total. The normalized spacial score (nSPS) is 12.8. The highest BCUT2D eigenvalue weighted by Crippen LogP contribution is 2.30. The van der Waals surface area contributed by atoms with Crippen LogP contribution in [0.3, 0.4) is 0 Å². The largest absolute Gasteiger partial charge is 0.398 e. The maximum Gasteiger partial charge on any atom is 0.0354 e. The standard InChI is InChI=1S/C12H19NS/c1-4-6-9(2)14-12-8-5-7-11(13)10(12)3/h5,7-9H,4,6,13H2,1-3H3. The Balaban J connectivity index is 2.71. The van der Waals surface area contributed by atoms with E-state index in [0.29, 0.717) is 5.25 Å². The molecule has 0 heterocycles. The average Bonchev–Trinajstić information content (AvgIpc) is 2.13.